The average Bonchev–Trinajstić information content (AvgIpc) is 2.66. The highest BCUT2D eigenvalue weighted by Gasteiger charge is 2.13. The SMILES string of the molecule is Cc1ccc(-n2nc(C)c(CNC(C)C)c2C)cc1Cl. The van der Waals surface area contributed by atoms with Crippen molar-refractivity contribution in [1.82, 2.24) is 15.1 Å². The smallest absolute Gasteiger partial charge is 0.0663 e. The summed E-state index contributed by atoms with van der Waals surface area (Å²) in [5.74, 6) is 0. The van der Waals surface area contributed by atoms with Gasteiger partial charge in [0.05, 0.1) is 11.4 Å². The highest BCUT2D eigenvalue weighted by Crippen LogP contribution is 2.22. The van der Waals surface area contributed by atoms with Crippen LogP contribution in [0.3, 0.4) is 0 Å². The van der Waals surface area contributed by atoms with Crippen molar-refractivity contribution in [3.8, 4) is 5.69 Å². The van der Waals surface area contributed by atoms with Gasteiger partial charge in [0, 0.05) is 28.9 Å². The van der Waals surface area contributed by atoms with Crippen molar-refractivity contribution in [3.63, 3.8) is 0 Å². The van der Waals surface area contributed by atoms with Gasteiger partial charge in [-0.2, -0.15) is 5.10 Å². The molecule has 0 aliphatic heterocycles. The second-order valence-corrected chi connectivity index (χ2v) is 5.94. The quantitative estimate of drug-likeness (QED) is 0.924. The molecule has 2 aromatic rings. The summed E-state index contributed by atoms with van der Waals surface area (Å²) < 4.78 is 1.97. The minimum atomic E-state index is 0.464. The molecule has 0 aliphatic carbocycles. The number of benzene rings is 1. The number of nitrogens with zero attached hydrogens (tertiary/aromatic N) is 2. The maximum Gasteiger partial charge on any atom is 0.0663 e. The lowest BCUT2D eigenvalue weighted by Crippen LogP contribution is -2.22. The molecule has 1 heterocycles. The molecule has 4 heteroatoms. The van der Waals surface area contributed by atoms with Crippen molar-refractivity contribution in [2.24, 2.45) is 0 Å². The summed E-state index contributed by atoms with van der Waals surface area (Å²) in [7, 11) is 0. The fourth-order valence-electron chi connectivity index (χ4n) is 2.20. The number of hydrogen-bond acceptors (Lipinski definition) is 2. The van der Waals surface area contributed by atoms with Gasteiger partial charge in [0.15, 0.2) is 0 Å². The minimum Gasteiger partial charge on any atom is -0.310 e. The number of halogens is 1. The van der Waals surface area contributed by atoms with Crippen molar-refractivity contribution < 1.29 is 0 Å². The Balaban J connectivity index is 2.38. The molecular weight excluding hydrogens is 270 g/mol. The normalized spacial score (nSPS) is 11.3. The van der Waals surface area contributed by atoms with E-state index in [1.165, 1.54) is 5.56 Å². The predicted octanol–water partition coefficient (Wildman–Crippen LogP) is 3.95. The zero-order chi connectivity index (χ0) is 14.9. The molecule has 3 nitrogen and oxygen atoms in total. The van der Waals surface area contributed by atoms with Gasteiger partial charge < -0.3 is 5.32 Å². The van der Waals surface area contributed by atoms with E-state index < -0.39 is 0 Å². The monoisotopic (exact) mass is 291 g/mol. The standard InChI is InChI=1S/C16H22ClN3/c1-10(2)18-9-15-12(4)19-20(13(15)5)14-7-6-11(3)16(17)8-14/h6-8,10,18H,9H2,1-5H3. The zero-order valence-electron chi connectivity index (χ0n) is 12.8. The van der Waals surface area contributed by atoms with E-state index >= 15 is 0 Å². The highest BCUT2D eigenvalue weighted by atomic mass is 35.5. The lowest BCUT2D eigenvalue weighted by Gasteiger charge is -2.09. The molecule has 108 valence electrons. The van der Waals surface area contributed by atoms with Crippen molar-refractivity contribution in [2.45, 2.75) is 47.2 Å². The molecule has 0 saturated carbocycles. The van der Waals surface area contributed by atoms with E-state index in [1.54, 1.807) is 0 Å². The summed E-state index contributed by atoms with van der Waals surface area (Å²) in [5.41, 5.74) is 5.58. The van der Waals surface area contributed by atoms with Gasteiger partial charge in [-0.1, -0.05) is 31.5 Å². The molecule has 0 radical (unpaired) electrons. The summed E-state index contributed by atoms with van der Waals surface area (Å²) >= 11 is 6.21. The Labute approximate surface area is 126 Å². The van der Waals surface area contributed by atoms with E-state index in [1.807, 2.05) is 23.7 Å². The largest absolute Gasteiger partial charge is 0.310 e. The van der Waals surface area contributed by atoms with Crippen molar-refractivity contribution in [3.05, 3.63) is 45.7 Å². The summed E-state index contributed by atoms with van der Waals surface area (Å²) in [6, 6.07) is 6.52. The lowest BCUT2D eigenvalue weighted by molar-refractivity contribution is 0.586. The van der Waals surface area contributed by atoms with E-state index in [9.17, 15) is 0 Å². The zero-order valence-corrected chi connectivity index (χ0v) is 13.5. The van der Waals surface area contributed by atoms with Gasteiger partial charge in [-0.25, -0.2) is 4.68 Å². The van der Waals surface area contributed by atoms with Gasteiger partial charge in [-0.05, 0) is 38.5 Å². The first-order chi connectivity index (χ1) is 9.40. The van der Waals surface area contributed by atoms with Crippen LogP contribution in [0.25, 0.3) is 5.69 Å². The molecule has 1 N–H and O–H groups in total. The molecular formula is C16H22ClN3. The van der Waals surface area contributed by atoms with Crippen LogP contribution in [0.1, 0.15) is 36.4 Å². The Morgan fingerprint density at radius 1 is 1.25 bits per heavy atom. The molecule has 0 unspecified atom stereocenters. The van der Waals surface area contributed by atoms with E-state index in [4.69, 9.17) is 11.6 Å². The van der Waals surface area contributed by atoms with Crippen LogP contribution < -0.4 is 5.32 Å². The molecule has 0 amide bonds. The lowest BCUT2D eigenvalue weighted by atomic mass is 10.2. The Kier molecular flexibility index (Phi) is 4.51. The Morgan fingerprint density at radius 2 is 1.95 bits per heavy atom. The first-order valence-corrected chi connectivity index (χ1v) is 7.33. The van der Waals surface area contributed by atoms with Crippen LogP contribution in [0.4, 0.5) is 0 Å². The van der Waals surface area contributed by atoms with Crippen LogP contribution in [0.5, 0.6) is 0 Å². The molecule has 0 atom stereocenters. The van der Waals surface area contributed by atoms with Gasteiger partial charge in [0.2, 0.25) is 0 Å². The molecule has 2 rings (SSSR count). The molecule has 0 bridgehead atoms. The highest BCUT2D eigenvalue weighted by molar-refractivity contribution is 6.31. The van der Waals surface area contributed by atoms with Crippen LogP contribution in [0.15, 0.2) is 18.2 Å². The molecule has 0 saturated heterocycles. The second kappa shape index (κ2) is 5.98. The van der Waals surface area contributed by atoms with Crippen molar-refractivity contribution in [1.29, 1.82) is 0 Å². The number of aryl methyl sites for hydroxylation is 2. The van der Waals surface area contributed by atoms with E-state index in [-0.39, 0.29) is 0 Å². The number of nitrogens with one attached hydrogen (secondary N) is 1. The average molecular weight is 292 g/mol. The third-order valence-electron chi connectivity index (χ3n) is 3.53. The number of aromatic nitrogens is 2. The first-order valence-electron chi connectivity index (χ1n) is 6.95. The van der Waals surface area contributed by atoms with Gasteiger partial charge >= 0.3 is 0 Å². The summed E-state index contributed by atoms with van der Waals surface area (Å²) in [6.45, 7) is 11.3. The molecule has 0 aliphatic rings. The molecule has 0 fully saturated rings. The molecule has 1 aromatic carbocycles. The first kappa shape index (κ1) is 15.1. The van der Waals surface area contributed by atoms with E-state index in [0.717, 1.165) is 34.2 Å². The topological polar surface area (TPSA) is 29.9 Å². The summed E-state index contributed by atoms with van der Waals surface area (Å²) in [6.07, 6.45) is 0. The van der Waals surface area contributed by atoms with Crippen LogP contribution >= 0.6 is 11.6 Å². The van der Waals surface area contributed by atoms with Gasteiger partial charge in [0.25, 0.3) is 0 Å². The Hall–Kier alpha value is -1.32. The van der Waals surface area contributed by atoms with Crippen LogP contribution in [-0.4, -0.2) is 15.8 Å². The van der Waals surface area contributed by atoms with Crippen molar-refractivity contribution in [2.75, 3.05) is 0 Å². The maximum absolute atomic E-state index is 6.21. The van der Waals surface area contributed by atoms with E-state index in [2.05, 4.69) is 44.2 Å². The van der Waals surface area contributed by atoms with Crippen LogP contribution in [-0.2, 0) is 6.54 Å². The van der Waals surface area contributed by atoms with E-state index in [0.29, 0.717) is 6.04 Å². The Bertz CT molecular complexity index is 614. The van der Waals surface area contributed by atoms with Crippen LogP contribution in [0.2, 0.25) is 5.02 Å². The third kappa shape index (κ3) is 3.05. The number of rotatable bonds is 4. The summed E-state index contributed by atoms with van der Waals surface area (Å²) in [5, 5.41) is 8.87. The summed E-state index contributed by atoms with van der Waals surface area (Å²) in [4.78, 5) is 0. The molecule has 0 spiro atoms. The van der Waals surface area contributed by atoms with Crippen molar-refractivity contribution >= 4 is 11.6 Å². The fourth-order valence-corrected chi connectivity index (χ4v) is 2.38. The molecule has 20 heavy (non-hydrogen) atoms. The van der Waals surface area contributed by atoms with Gasteiger partial charge in [-0.15, -0.1) is 0 Å². The fraction of sp³-hybridized carbons (Fsp3) is 0.438. The van der Waals surface area contributed by atoms with Gasteiger partial charge in [0.1, 0.15) is 0 Å². The van der Waals surface area contributed by atoms with Crippen LogP contribution in [0, 0.1) is 20.8 Å². The molecule has 1 aromatic heterocycles. The third-order valence-corrected chi connectivity index (χ3v) is 3.94. The number of hydrogen-bond donors (Lipinski definition) is 1. The predicted molar refractivity (Wildman–Crippen MR) is 84.8 cm³/mol. The minimum absolute atomic E-state index is 0.464. The Morgan fingerprint density at radius 3 is 2.55 bits per heavy atom. The second-order valence-electron chi connectivity index (χ2n) is 5.53. The van der Waals surface area contributed by atoms with Gasteiger partial charge in [-0.3, -0.25) is 0 Å². The maximum atomic E-state index is 6.21.